The van der Waals surface area contributed by atoms with Crippen molar-refractivity contribution in [3.05, 3.63) is 60.5 Å². The third-order valence-electron chi connectivity index (χ3n) is 6.86. The molecule has 6 aromatic rings. The van der Waals surface area contributed by atoms with Crippen molar-refractivity contribution < 1.29 is 4.79 Å². The van der Waals surface area contributed by atoms with Gasteiger partial charge in [0.2, 0.25) is 5.91 Å². The monoisotopic (exact) mass is 506 g/mol. The van der Waals surface area contributed by atoms with Crippen LogP contribution in [-0.2, 0) is 4.79 Å². The highest BCUT2D eigenvalue weighted by atomic mass is 32.1. The molecule has 10 heteroatoms. The number of anilines is 1. The number of aromatic nitrogens is 7. The number of nitrogens with one attached hydrogen (secondary N) is 3. The standard InChI is InChI=1S/C27H22N8OS/c36-27(15-4-1-2-5-15)31-18-10-16(12-28-14-18)17-11-19-22(34-35-25(19)30-13-17)26-32-20-7-8-29-24(23(20)33-26)21-6-3-9-37-21/h3,6-15H,1-2,4-5H2,(H,31,36)(H,32,33)(H,30,34,35). The molecule has 7 rings (SSSR count). The summed E-state index contributed by atoms with van der Waals surface area (Å²) >= 11 is 1.63. The maximum absolute atomic E-state index is 12.6. The third kappa shape index (κ3) is 3.95. The Labute approximate surface area is 215 Å². The van der Waals surface area contributed by atoms with Crippen LogP contribution >= 0.6 is 11.3 Å². The summed E-state index contributed by atoms with van der Waals surface area (Å²) in [5, 5.41) is 13.4. The number of nitrogens with zero attached hydrogens (tertiary/aromatic N) is 5. The number of H-pyrrole nitrogens is 2. The van der Waals surface area contributed by atoms with E-state index < -0.39 is 0 Å². The van der Waals surface area contributed by atoms with Crippen LogP contribution in [0.4, 0.5) is 5.69 Å². The minimum atomic E-state index is 0.0726. The number of amides is 1. The largest absolute Gasteiger partial charge is 0.336 e. The molecule has 1 aliphatic rings. The summed E-state index contributed by atoms with van der Waals surface area (Å²) in [6.45, 7) is 0. The Morgan fingerprint density at radius 2 is 1.92 bits per heavy atom. The van der Waals surface area contributed by atoms with Crippen LogP contribution in [0.25, 0.3) is 55.3 Å². The van der Waals surface area contributed by atoms with E-state index in [1.807, 2.05) is 35.7 Å². The first kappa shape index (κ1) is 21.8. The fourth-order valence-electron chi connectivity index (χ4n) is 4.98. The second kappa shape index (κ2) is 8.90. The van der Waals surface area contributed by atoms with Crippen molar-refractivity contribution in [2.24, 2.45) is 5.92 Å². The van der Waals surface area contributed by atoms with Crippen molar-refractivity contribution in [3.63, 3.8) is 0 Å². The molecular formula is C27H22N8OS. The van der Waals surface area contributed by atoms with E-state index in [1.54, 1.807) is 36.1 Å². The lowest BCUT2D eigenvalue weighted by Gasteiger charge is -2.11. The van der Waals surface area contributed by atoms with Gasteiger partial charge in [0.25, 0.3) is 0 Å². The molecule has 0 atom stereocenters. The Morgan fingerprint density at radius 3 is 2.78 bits per heavy atom. The van der Waals surface area contributed by atoms with Crippen molar-refractivity contribution in [1.29, 1.82) is 0 Å². The van der Waals surface area contributed by atoms with Gasteiger partial charge in [-0.3, -0.25) is 19.9 Å². The lowest BCUT2D eigenvalue weighted by Crippen LogP contribution is -2.20. The average molecular weight is 507 g/mol. The SMILES string of the molecule is O=C(Nc1cncc(-c2cnc3[nH]nc(-c4nc5c(-c6cccs6)nccc5[nH]4)c3c2)c1)C1CCCC1. The summed E-state index contributed by atoms with van der Waals surface area (Å²) in [6, 6.07) is 9.92. The summed E-state index contributed by atoms with van der Waals surface area (Å²) in [4.78, 5) is 35.4. The lowest BCUT2D eigenvalue weighted by molar-refractivity contribution is -0.119. The number of fused-ring (bicyclic) bond motifs is 2. The number of pyridine rings is 3. The van der Waals surface area contributed by atoms with E-state index >= 15 is 0 Å². The average Bonchev–Trinajstić information content (AvgIpc) is 3.74. The Balaban J connectivity index is 1.25. The fourth-order valence-corrected chi connectivity index (χ4v) is 5.70. The molecule has 0 bridgehead atoms. The number of carbonyl (C=O) groups excluding carboxylic acids is 1. The molecule has 6 aromatic heterocycles. The van der Waals surface area contributed by atoms with Crippen molar-refractivity contribution in [1.82, 2.24) is 35.1 Å². The van der Waals surface area contributed by atoms with E-state index in [1.165, 1.54) is 0 Å². The first-order valence-corrected chi connectivity index (χ1v) is 13.1. The highest BCUT2D eigenvalue weighted by Gasteiger charge is 2.23. The number of rotatable bonds is 5. The van der Waals surface area contributed by atoms with Crippen LogP contribution in [0.2, 0.25) is 0 Å². The molecule has 0 unspecified atom stereocenters. The van der Waals surface area contributed by atoms with Gasteiger partial charge in [-0.25, -0.2) is 9.97 Å². The second-order valence-electron chi connectivity index (χ2n) is 9.24. The van der Waals surface area contributed by atoms with Crippen LogP contribution in [0, 0.1) is 5.92 Å². The number of aromatic amines is 2. The summed E-state index contributed by atoms with van der Waals surface area (Å²) in [5.74, 6) is 0.805. The predicted molar refractivity (Wildman–Crippen MR) is 144 cm³/mol. The van der Waals surface area contributed by atoms with Gasteiger partial charge in [0, 0.05) is 35.6 Å². The van der Waals surface area contributed by atoms with Crippen LogP contribution in [0.1, 0.15) is 25.7 Å². The molecule has 0 aromatic carbocycles. The topological polar surface area (TPSA) is 125 Å². The highest BCUT2D eigenvalue weighted by Crippen LogP contribution is 2.33. The molecule has 182 valence electrons. The summed E-state index contributed by atoms with van der Waals surface area (Å²) in [5.41, 5.74) is 6.30. The first-order valence-electron chi connectivity index (χ1n) is 12.2. The maximum Gasteiger partial charge on any atom is 0.227 e. The summed E-state index contributed by atoms with van der Waals surface area (Å²) in [6.07, 6.45) is 11.2. The van der Waals surface area contributed by atoms with Crippen molar-refractivity contribution >= 4 is 45.0 Å². The van der Waals surface area contributed by atoms with E-state index in [0.29, 0.717) is 22.9 Å². The Bertz CT molecular complexity index is 1750. The predicted octanol–water partition coefficient (Wildman–Crippen LogP) is 5.82. The highest BCUT2D eigenvalue weighted by molar-refractivity contribution is 7.13. The van der Waals surface area contributed by atoms with Gasteiger partial charge in [-0.15, -0.1) is 11.3 Å². The third-order valence-corrected chi connectivity index (χ3v) is 7.74. The van der Waals surface area contributed by atoms with Crippen LogP contribution in [0.5, 0.6) is 0 Å². The minimum Gasteiger partial charge on any atom is -0.336 e. The fraction of sp³-hybridized carbons (Fsp3) is 0.185. The Kier molecular flexibility index (Phi) is 5.24. The van der Waals surface area contributed by atoms with Gasteiger partial charge >= 0.3 is 0 Å². The zero-order valence-electron chi connectivity index (χ0n) is 19.7. The molecule has 0 saturated heterocycles. The van der Waals surface area contributed by atoms with Crippen molar-refractivity contribution in [2.75, 3.05) is 5.32 Å². The number of imidazole rings is 1. The van der Waals surface area contributed by atoms with Crippen LogP contribution in [0.15, 0.2) is 60.5 Å². The van der Waals surface area contributed by atoms with Crippen molar-refractivity contribution in [3.8, 4) is 33.2 Å². The molecule has 1 fully saturated rings. The molecule has 1 saturated carbocycles. The molecular weight excluding hydrogens is 484 g/mol. The summed E-state index contributed by atoms with van der Waals surface area (Å²) < 4.78 is 0. The van der Waals surface area contributed by atoms with Gasteiger partial charge < -0.3 is 10.3 Å². The quantitative estimate of drug-likeness (QED) is 0.271. The van der Waals surface area contributed by atoms with Crippen LogP contribution < -0.4 is 5.32 Å². The molecule has 0 radical (unpaired) electrons. The molecule has 3 N–H and O–H groups in total. The minimum absolute atomic E-state index is 0.0726. The van der Waals surface area contributed by atoms with E-state index in [4.69, 9.17) is 4.98 Å². The first-order chi connectivity index (χ1) is 18.2. The van der Waals surface area contributed by atoms with Gasteiger partial charge in [-0.2, -0.15) is 5.10 Å². The van der Waals surface area contributed by atoms with Gasteiger partial charge in [0.15, 0.2) is 11.5 Å². The number of thiophene rings is 1. The Hall–Kier alpha value is -4.44. The maximum atomic E-state index is 12.6. The van der Waals surface area contributed by atoms with E-state index in [-0.39, 0.29) is 11.8 Å². The van der Waals surface area contributed by atoms with Crippen molar-refractivity contribution in [2.45, 2.75) is 25.7 Å². The lowest BCUT2D eigenvalue weighted by atomic mass is 10.1. The van der Waals surface area contributed by atoms with E-state index in [0.717, 1.165) is 63.8 Å². The summed E-state index contributed by atoms with van der Waals surface area (Å²) in [7, 11) is 0. The molecule has 0 spiro atoms. The molecule has 0 aliphatic heterocycles. The van der Waals surface area contributed by atoms with E-state index in [2.05, 4.69) is 35.5 Å². The molecule has 6 heterocycles. The van der Waals surface area contributed by atoms with E-state index in [9.17, 15) is 4.79 Å². The molecule has 1 aliphatic carbocycles. The van der Waals surface area contributed by atoms with Gasteiger partial charge in [0.1, 0.15) is 16.9 Å². The Morgan fingerprint density at radius 1 is 1.03 bits per heavy atom. The number of hydrogen-bond acceptors (Lipinski definition) is 7. The molecule has 9 nitrogen and oxygen atoms in total. The number of carbonyl (C=O) groups is 1. The normalized spacial score (nSPS) is 14.1. The van der Waals surface area contributed by atoms with Gasteiger partial charge in [-0.1, -0.05) is 18.9 Å². The molecule has 1 amide bonds. The van der Waals surface area contributed by atoms with Crippen LogP contribution in [-0.4, -0.2) is 41.0 Å². The smallest absolute Gasteiger partial charge is 0.227 e. The van der Waals surface area contributed by atoms with Crippen LogP contribution in [0.3, 0.4) is 0 Å². The second-order valence-corrected chi connectivity index (χ2v) is 10.2. The van der Waals surface area contributed by atoms with Gasteiger partial charge in [0.05, 0.1) is 27.7 Å². The van der Waals surface area contributed by atoms with Gasteiger partial charge in [-0.05, 0) is 42.5 Å². The zero-order chi connectivity index (χ0) is 24.8. The number of hydrogen-bond donors (Lipinski definition) is 3. The molecule has 37 heavy (non-hydrogen) atoms. The zero-order valence-corrected chi connectivity index (χ0v) is 20.5.